The van der Waals surface area contributed by atoms with E-state index in [1.165, 1.54) is 26.5 Å². The van der Waals surface area contributed by atoms with Crippen molar-refractivity contribution >= 4 is 45.4 Å². The Hall–Kier alpha value is -2.72. The maximum absolute atomic E-state index is 12.9. The van der Waals surface area contributed by atoms with Gasteiger partial charge < -0.3 is 14.4 Å². The quantitative estimate of drug-likeness (QED) is 0.161. The lowest BCUT2D eigenvalue weighted by molar-refractivity contribution is -0.944. The molecule has 9 nitrogen and oxygen atoms in total. The highest BCUT2D eigenvalue weighted by Crippen LogP contribution is 2.38. The highest BCUT2D eigenvalue weighted by Gasteiger charge is 2.47. The van der Waals surface area contributed by atoms with E-state index in [-0.39, 0.29) is 30.4 Å². The third-order valence-corrected chi connectivity index (χ3v) is 9.73. The Kier molecular flexibility index (Phi) is 9.25. The van der Waals surface area contributed by atoms with Gasteiger partial charge in [0.15, 0.2) is 5.82 Å². The highest BCUT2D eigenvalue weighted by molar-refractivity contribution is 7.13. The minimum Gasteiger partial charge on any atom is -0.434 e. The van der Waals surface area contributed by atoms with E-state index in [2.05, 4.69) is 30.9 Å². The first-order valence-electron chi connectivity index (χ1n) is 15.0. The molecule has 2 unspecified atom stereocenters. The van der Waals surface area contributed by atoms with E-state index in [1.807, 2.05) is 12.1 Å². The molecule has 2 saturated heterocycles. The fraction of sp³-hybridized carbons (Fsp3) is 0.667. The van der Waals surface area contributed by atoms with Crippen LogP contribution in [0.1, 0.15) is 58.8 Å². The van der Waals surface area contributed by atoms with Gasteiger partial charge in [0.25, 0.3) is 0 Å². The maximum atomic E-state index is 12.9. The zero-order valence-electron chi connectivity index (χ0n) is 23.9. The van der Waals surface area contributed by atoms with E-state index in [9.17, 15) is 14.4 Å². The number of quaternary nitrogens is 1. The monoisotopic (exact) mass is 571 g/mol. The predicted molar refractivity (Wildman–Crippen MR) is 155 cm³/mol. The molecule has 2 aliphatic heterocycles. The Morgan fingerprint density at radius 2 is 1.75 bits per heavy atom. The van der Waals surface area contributed by atoms with Gasteiger partial charge in [-0.15, -0.1) is 0 Å². The largest absolute Gasteiger partial charge is 0.512 e. The second-order valence-corrected chi connectivity index (χ2v) is 12.9. The van der Waals surface area contributed by atoms with Crippen molar-refractivity contribution in [3.63, 3.8) is 0 Å². The Bertz CT molecular complexity index is 1170. The lowest BCUT2D eigenvalue weighted by Crippen LogP contribution is -2.61. The lowest BCUT2D eigenvalue weighted by Gasteiger charge is -2.44. The number of imide groups is 1. The summed E-state index contributed by atoms with van der Waals surface area (Å²) in [6.45, 7) is 9.37. The molecule has 5 rings (SSSR count). The van der Waals surface area contributed by atoms with E-state index in [0.29, 0.717) is 23.6 Å². The van der Waals surface area contributed by atoms with Crippen molar-refractivity contribution in [1.82, 2.24) is 9.27 Å². The van der Waals surface area contributed by atoms with Crippen LogP contribution in [0.5, 0.6) is 0 Å². The van der Waals surface area contributed by atoms with Crippen LogP contribution in [0.2, 0.25) is 0 Å². The first kappa shape index (κ1) is 28.8. The molecular formula is C30H43N4O5S+. The van der Waals surface area contributed by atoms with Gasteiger partial charge in [-0.2, -0.15) is 4.37 Å². The fourth-order valence-corrected chi connectivity index (χ4v) is 7.19. The van der Waals surface area contributed by atoms with Gasteiger partial charge in [-0.25, -0.2) is 4.79 Å². The van der Waals surface area contributed by atoms with E-state index < -0.39 is 6.16 Å². The van der Waals surface area contributed by atoms with E-state index in [4.69, 9.17) is 13.8 Å². The summed E-state index contributed by atoms with van der Waals surface area (Å²) in [7, 11) is 0. The van der Waals surface area contributed by atoms with Crippen molar-refractivity contribution in [1.29, 1.82) is 0 Å². The number of hydrogen-bond donors (Lipinski definition) is 0. The number of rotatable bonds is 11. The zero-order chi connectivity index (χ0) is 28.1. The van der Waals surface area contributed by atoms with Gasteiger partial charge in [-0.1, -0.05) is 38.8 Å². The molecule has 3 aliphatic rings. The zero-order valence-corrected chi connectivity index (χ0v) is 24.7. The molecule has 3 fully saturated rings. The van der Waals surface area contributed by atoms with Crippen molar-refractivity contribution in [3.8, 4) is 0 Å². The minimum absolute atomic E-state index is 0.0372. The topological polar surface area (TPSA) is 89.0 Å². The molecule has 0 N–H and O–H groups in total. The van der Waals surface area contributed by atoms with Crippen molar-refractivity contribution < 1.29 is 28.3 Å². The Morgan fingerprint density at radius 3 is 2.45 bits per heavy atom. The number of aromatic nitrogens is 1. The molecule has 2 amide bonds. The molecule has 2 atom stereocenters. The predicted octanol–water partition coefficient (Wildman–Crippen LogP) is 5.05. The molecule has 3 heterocycles. The molecule has 1 aliphatic carbocycles. The number of carbonyl (C=O) groups excluding carboxylic acids is 3. The van der Waals surface area contributed by atoms with Crippen LogP contribution in [0.4, 0.5) is 10.6 Å². The standard InChI is InChI=1S/C30H43N4O5S/c1-22(2)13-20-38-30(37)39-21-34(17-8-7-14-33-28(35)23-9-3-4-10-24(23)29(33)36)18-15-32(16-19-34)27-25-11-5-6-12-26(25)40-31-27/h5-6,11-12,22-24H,3-4,7-10,13-21H2,1-2H3/q+1. The molecule has 2 aromatic rings. The highest BCUT2D eigenvalue weighted by atomic mass is 32.1. The van der Waals surface area contributed by atoms with Gasteiger partial charge in [-0.3, -0.25) is 19.0 Å². The summed E-state index contributed by atoms with van der Waals surface area (Å²) in [5.41, 5.74) is 0. The van der Waals surface area contributed by atoms with Crippen molar-refractivity contribution in [2.45, 2.75) is 58.8 Å². The second kappa shape index (κ2) is 12.9. The molecule has 0 spiro atoms. The molecule has 0 bridgehead atoms. The fourth-order valence-electron chi connectivity index (χ4n) is 6.40. The van der Waals surface area contributed by atoms with Crippen molar-refractivity contribution in [3.05, 3.63) is 24.3 Å². The normalized spacial score (nSPS) is 22.7. The van der Waals surface area contributed by atoms with Crippen molar-refractivity contribution in [2.24, 2.45) is 17.8 Å². The summed E-state index contributed by atoms with van der Waals surface area (Å²) in [6.07, 6.45) is 5.59. The number of piperazine rings is 1. The Morgan fingerprint density at radius 1 is 1.05 bits per heavy atom. The number of unbranched alkanes of at least 4 members (excludes halogenated alkanes) is 1. The molecule has 1 aromatic heterocycles. The van der Waals surface area contributed by atoms with Crippen LogP contribution >= 0.6 is 11.5 Å². The smallest absolute Gasteiger partial charge is 0.434 e. The first-order valence-corrected chi connectivity index (χ1v) is 15.7. The number of anilines is 1. The van der Waals surface area contributed by atoms with Crippen LogP contribution in [0.25, 0.3) is 10.1 Å². The van der Waals surface area contributed by atoms with Crippen LogP contribution in [0.3, 0.4) is 0 Å². The average Bonchev–Trinajstić information content (AvgIpc) is 3.49. The molecule has 0 radical (unpaired) electrons. The van der Waals surface area contributed by atoms with Crippen LogP contribution < -0.4 is 4.90 Å². The number of nitrogens with zero attached hydrogens (tertiary/aromatic N) is 4. The van der Waals surface area contributed by atoms with Gasteiger partial charge in [0.2, 0.25) is 18.5 Å². The second-order valence-electron chi connectivity index (χ2n) is 12.1. The molecule has 1 saturated carbocycles. The third-order valence-electron chi connectivity index (χ3n) is 8.91. The summed E-state index contributed by atoms with van der Waals surface area (Å²) in [5, 5.41) is 1.18. The van der Waals surface area contributed by atoms with E-state index in [0.717, 1.165) is 83.5 Å². The van der Waals surface area contributed by atoms with Crippen molar-refractivity contribution in [2.75, 3.05) is 57.5 Å². The SMILES string of the molecule is CC(C)CCOC(=O)OC[N+]1(CCCCN2C(=O)C3CCCCC3C2=O)CCN(c2nsc3ccccc23)CC1. The van der Waals surface area contributed by atoms with Gasteiger partial charge in [0.05, 0.1) is 55.9 Å². The first-order chi connectivity index (χ1) is 19.4. The Balaban J connectivity index is 1.18. The molecule has 1 aromatic carbocycles. The number of fused-ring (bicyclic) bond motifs is 2. The average molecular weight is 572 g/mol. The lowest BCUT2D eigenvalue weighted by atomic mass is 9.81. The summed E-state index contributed by atoms with van der Waals surface area (Å²) in [4.78, 5) is 42.0. The van der Waals surface area contributed by atoms with Gasteiger partial charge in [0, 0.05) is 11.9 Å². The van der Waals surface area contributed by atoms with Crippen LogP contribution in [0, 0.1) is 17.8 Å². The minimum atomic E-state index is -0.609. The summed E-state index contributed by atoms with van der Waals surface area (Å²) < 4.78 is 17.5. The molecular weight excluding hydrogens is 528 g/mol. The molecule has 218 valence electrons. The van der Waals surface area contributed by atoms with Crippen LogP contribution in [0.15, 0.2) is 24.3 Å². The van der Waals surface area contributed by atoms with E-state index in [1.54, 1.807) is 0 Å². The van der Waals surface area contributed by atoms with Gasteiger partial charge in [-0.05, 0) is 61.7 Å². The maximum Gasteiger partial charge on any atom is 0.512 e. The Labute approximate surface area is 241 Å². The summed E-state index contributed by atoms with van der Waals surface area (Å²) in [5.74, 6) is 1.37. The number of benzene rings is 1. The third kappa shape index (κ3) is 6.43. The number of hydrogen-bond acceptors (Lipinski definition) is 8. The van der Waals surface area contributed by atoms with Crippen LogP contribution in [-0.4, -0.2) is 84.3 Å². The number of carbonyl (C=O) groups is 3. The van der Waals surface area contributed by atoms with Crippen LogP contribution in [-0.2, 0) is 19.1 Å². The van der Waals surface area contributed by atoms with E-state index >= 15 is 0 Å². The molecule has 40 heavy (non-hydrogen) atoms. The summed E-state index contributed by atoms with van der Waals surface area (Å²) >= 11 is 1.53. The number of likely N-dealkylation sites (tertiary alicyclic amines) is 1. The van der Waals surface area contributed by atoms with Gasteiger partial charge >= 0.3 is 6.16 Å². The molecule has 10 heteroatoms. The summed E-state index contributed by atoms with van der Waals surface area (Å²) in [6, 6.07) is 8.31. The number of amides is 2. The van der Waals surface area contributed by atoms with Gasteiger partial charge in [0.1, 0.15) is 0 Å². The number of ether oxygens (including phenoxy) is 2.